The van der Waals surface area contributed by atoms with Crippen LogP contribution < -0.4 is 5.56 Å². The van der Waals surface area contributed by atoms with E-state index < -0.39 is 5.97 Å². The Balaban J connectivity index is 1.93. The van der Waals surface area contributed by atoms with Gasteiger partial charge in [-0.25, -0.2) is 9.48 Å². The normalized spacial score (nSPS) is 10.7. The smallest absolute Gasteiger partial charge is 0.335 e. The lowest BCUT2D eigenvalue weighted by Crippen LogP contribution is -2.23. The first-order valence-corrected chi connectivity index (χ1v) is 8.17. The molecule has 0 bridgehead atoms. The van der Waals surface area contributed by atoms with Gasteiger partial charge in [0.25, 0.3) is 5.56 Å². The summed E-state index contributed by atoms with van der Waals surface area (Å²) < 4.78 is 1.31. The molecule has 0 atom stereocenters. The first-order valence-electron chi connectivity index (χ1n) is 8.17. The van der Waals surface area contributed by atoms with E-state index in [-0.39, 0.29) is 24.3 Å². The zero-order valence-electron chi connectivity index (χ0n) is 14.0. The lowest BCUT2D eigenvalue weighted by Gasteiger charge is -2.09. The van der Waals surface area contributed by atoms with Crippen molar-refractivity contribution in [2.45, 2.75) is 13.0 Å². The van der Waals surface area contributed by atoms with Crippen molar-refractivity contribution in [3.63, 3.8) is 0 Å². The molecule has 3 rings (SSSR count). The monoisotopic (exact) mass is 350 g/mol. The predicted molar refractivity (Wildman–Crippen MR) is 97.2 cm³/mol. The molecule has 0 radical (unpaired) electrons. The number of hydrogen-bond donors (Lipinski definition) is 2. The fourth-order valence-corrected chi connectivity index (χ4v) is 2.71. The largest absolute Gasteiger partial charge is 0.478 e. The summed E-state index contributed by atoms with van der Waals surface area (Å²) in [6.45, 7) is 0.250. The van der Waals surface area contributed by atoms with E-state index in [0.717, 1.165) is 11.1 Å². The van der Waals surface area contributed by atoms with Gasteiger partial charge in [0.15, 0.2) is 0 Å². The Kier molecular flexibility index (Phi) is 5.24. The van der Waals surface area contributed by atoms with Crippen LogP contribution in [0, 0.1) is 0 Å². The van der Waals surface area contributed by atoms with E-state index in [2.05, 4.69) is 5.10 Å². The number of carbonyl (C=O) groups is 1. The minimum atomic E-state index is -1.01. The van der Waals surface area contributed by atoms with E-state index in [1.54, 1.807) is 18.2 Å². The first-order chi connectivity index (χ1) is 12.6. The van der Waals surface area contributed by atoms with Crippen LogP contribution in [0.15, 0.2) is 65.5 Å². The standard InChI is InChI=1S/C20H18N2O4/c23-10-9-14-3-1-5-16(11-14)18-7-8-19(24)22(21-18)13-15-4-2-6-17(12-15)20(25)26/h1-8,11-12,23H,9-10,13H2,(H,25,26). The highest BCUT2D eigenvalue weighted by atomic mass is 16.4. The Labute approximate surface area is 150 Å². The molecule has 0 unspecified atom stereocenters. The summed E-state index contributed by atoms with van der Waals surface area (Å²) in [7, 11) is 0. The summed E-state index contributed by atoms with van der Waals surface area (Å²) >= 11 is 0. The van der Waals surface area contributed by atoms with Crippen molar-refractivity contribution in [1.82, 2.24) is 9.78 Å². The highest BCUT2D eigenvalue weighted by molar-refractivity contribution is 5.87. The van der Waals surface area contributed by atoms with Gasteiger partial charge in [0.2, 0.25) is 0 Å². The Morgan fingerprint density at radius 2 is 1.77 bits per heavy atom. The lowest BCUT2D eigenvalue weighted by atomic mass is 10.1. The van der Waals surface area contributed by atoms with Crippen molar-refractivity contribution >= 4 is 5.97 Å². The SMILES string of the molecule is O=C(O)c1cccc(Cn2nc(-c3cccc(CCO)c3)ccc2=O)c1. The van der Waals surface area contributed by atoms with E-state index in [9.17, 15) is 9.59 Å². The summed E-state index contributed by atoms with van der Waals surface area (Å²) in [6.07, 6.45) is 0.551. The molecule has 3 aromatic rings. The number of aromatic nitrogens is 2. The molecule has 26 heavy (non-hydrogen) atoms. The summed E-state index contributed by atoms with van der Waals surface area (Å²) in [5, 5.41) is 22.6. The number of aliphatic hydroxyl groups excluding tert-OH is 1. The van der Waals surface area contributed by atoms with Gasteiger partial charge in [0.05, 0.1) is 17.8 Å². The summed E-state index contributed by atoms with van der Waals surface area (Å²) in [6, 6.07) is 17.2. The third-order valence-electron chi connectivity index (χ3n) is 4.00. The van der Waals surface area contributed by atoms with Crippen LogP contribution in [-0.2, 0) is 13.0 Å². The molecule has 0 fully saturated rings. The average Bonchev–Trinajstić information content (AvgIpc) is 2.64. The van der Waals surface area contributed by atoms with Crippen LogP contribution in [0.2, 0.25) is 0 Å². The molecule has 1 aromatic heterocycles. The Morgan fingerprint density at radius 1 is 1.00 bits per heavy atom. The van der Waals surface area contributed by atoms with Crippen molar-refractivity contribution in [3.8, 4) is 11.3 Å². The van der Waals surface area contributed by atoms with Crippen LogP contribution in [0.1, 0.15) is 21.5 Å². The molecule has 0 aliphatic carbocycles. The number of aliphatic hydroxyl groups is 1. The molecule has 0 saturated heterocycles. The van der Waals surface area contributed by atoms with Crippen LogP contribution in [0.3, 0.4) is 0 Å². The molecule has 132 valence electrons. The molecule has 2 aromatic carbocycles. The van der Waals surface area contributed by atoms with E-state index in [4.69, 9.17) is 10.2 Å². The van der Waals surface area contributed by atoms with Crippen molar-refractivity contribution in [2.24, 2.45) is 0 Å². The van der Waals surface area contributed by atoms with Gasteiger partial charge in [0, 0.05) is 18.2 Å². The molecule has 1 heterocycles. The van der Waals surface area contributed by atoms with Gasteiger partial charge < -0.3 is 10.2 Å². The van der Waals surface area contributed by atoms with Gasteiger partial charge in [-0.1, -0.05) is 30.3 Å². The van der Waals surface area contributed by atoms with Crippen molar-refractivity contribution in [2.75, 3.05) is 6.61 Å². The number of rotatable bonds is 6. The van der Waals surface area contributed by atoms with Crippen molar-refractivity contribution < 1.29 is 15.0 Å². The fourth-order valence-electron chi connectivity index (χ4n) is 2.71. The molecule has 0 amide bonds. The van der Waals surface area contributed by atoms with Crippen LogP contribution >= 0.6 is 0 Å². The first kappa shape index (κ1) is 17.6. The second-order valence-electron chi connectivity index (χ2n) is 5.89. The van der Waals surface area contributed by atoms with Gasteiger partial charge in [-0.3, -0.25) is 4.79 Å². The van der Waals surface area contributed by atoms with E-state index in [1.807, 2.05) is 24.3 Å². The molecular formula is C20H18N2O4. The molecule has 6 nitrogen and oxygen atoms in total. The number of carboxylic acids is 1. The quantitative estimate of drug-likeness (QED) is 0.711. The molecule has 0 spiro atoms. The van der Waals surface area contributed by atoms with Crippen molar-refractivity contribution in [3.05, 3.63) is 87.7 Å². The summed E-state index contributed by atoms with van der Waals surface area (Å²) in [5.41, 5.74) is 3.07. The third-order valence-corrected chi connectivity index (χ3v) is 4.00. The van der Waals surface area contributed by atoms with E-state index in [1.165, 1.54) is 22.9 Å². The summed E-state index contributed by atoms with van der Waals surface area (Å²) in [4.78, 5) is 23.2. The van der Waals surface area contributed by atoms with Crippen LogP contribution in [0.4, 0.5) is 0 Å². The van der Waals surface area contributed by atoms with Crippen molar-refractivity contribution in [1.29, 1.82) is 0 Å². The zero-order chi connectivity index (χ0) is 18.5. The van der Waals surface area contributed by atoms with Crippen LogP contribution in [0.25, 0.3) is 11.3 Å². The molecule has 2 N–H and O–H groups in total. The molecular weight excluding hydrogens is 332 g/mol. The number of aromatic carboxylic acids is 1. The second kappa shape index (κ2) is 7.76. The minimum Gasteiger partial charge on any atom is -0.478 e. The Morgan fingerprint density at radius 3 is 2.54 bits per heavy atom. The summed E-state index contributed by atoms with van der Waals surface area (Å²) in [5.74, 6) is -1.01. The maximum atomic E-state index is 12.1. The number of hydrogen-bond acceptors (Lipinski definition) is 4. The van der Waals surface area contributed by atoms with E-state index in [0.29, 0.717) is 17.7 Å². The third kappa shape index (κ3) is 4.04. The highest BCUT2D eigenvalue weighted by Crippen LogP contribution is 2.17. The topological polar surface area (TPSA) is 92.4 Å². The van der Waals surface area contributed by atoms with Crippen LogP contribution in [0.5, 0.6) is 0 Å². The van der Waals surface area contributed by atoms with Gasteiger partial charge in [-0.05, 0) is 41.8 Å². The molecule has 0 aliphatic rings. The molecule has 6 heteroatoms. The van der Waals surface area contributed by atoms with Gasteiger partial charge in [-0.2, -0.15) is 5.10 Å². The number of carboxylic acid groups (broad SMARTS) is 1. The lowest BCUT2D eigenvalue weighted by molar-refractivity contribution is 0.0696. The number of nitrogens with zero attached hydrogens (tertiary/aromatic N) is 2. The highest BCUT2D eigenvalue weighted by Gasteiger charge is 2.07. The number of benzene rings is 2. The molecule has 0 saturated carbocycles. The maximum absolute atomic E-state index is 12.1. The minimum absolute atomic E-state index is 0.0658. The van der Waals surface area contributed by atoms with Crippen LogP contribution in [-0.4, -0.2) is 32.6 Å². The van der Waals surface area contributed by atoms with E-state index >= 15 is 0 Å². The zero-order valence-corrected chi connectivity index (χ0v) is 14.0. The maximum Gasteiger partial charge on any atom is 0.335 e. The average molecular weight is 350 g/mol. The fraction of sp³-hybridized carbons (Fsp3) is 0.150. The Hall–Kier alpha value is -3.25. The van der Waals surface area contributed by atoms with Gasteiger partial charge in [-0.15, -0.1) is 0 Å². The van der Waals surface area contributed by atoms with Gasteiger partial charge in [0.1, 0.15) is 0 Å². The van der Waals surface area contributed by atoms with Gasteiger partial charge >= 0.3 is 5.97 Å². The molecule has 0 aliphatic heterocycles. The second-order valence-corrected chi connectivity index (χ2v) is 5.89. The predicted octanol–water partition coefficient (Wildman–Crippen LogP) is 2.19. The Bertz CT molecular complexity index is 995.